The van der Waals surface area contributed by atoms with Crippen LogP contribution in [0.3, 0.4) is 0 Å². The van der Waals surface area contributed by atoms with Gasteiger partial charge in [-0.15, -0.1) is 0 Å². The fourth-order valence-electron chi connectivity index (χ4n) is 4.27. The van der Waals surface area contributed by atoms with E-state index in [2.05, 4.69) is 10.6 Å². The number of aryl methyl sites for hydroxylation is 2. The van der Waals surface area contributed by atoms with E-state index in [1.807, 2.05) is 81.4 Å². The molecule has 1 fully saturated rings. The molecule has 1 heterocycles. The maximum absolute atomic E-state index is 13.2. The Kier molecular flexibility index (Phi) is 5.46. The number of carbonyl (C=O) groups excluding carboxylic acids is 3. The lowest BCUT2D eigenvalue weighted by Crippen LogP contribution is -2.43. The number of hydrogen-bond donors (Lipinski definition) is 2. The van der Waals surface area contributed by atoms with Crippen molar-refractivity contribution in [1.29, 1.82) is 0 Å². The van der Waals surface area contributed by atoms with Crippen LogP contribution in [-0.4, -0.2) is 29.3 Å². The topological polar surface area (TPSA) is 78.5 Å². The molecule has 1 aliphatic heterocycles. The molecule has 0 spiro atoms. The Labute approximate surface area is 187 Å². The van der Waals surface area contributed by atoms with Crippen LogP contribution in [0.4, 0.5) is 4.79 Å². The molecule has 6 heteroatoms. The highest BCUT2D eigenvalue weighted by Gasteiger charge is 2.49. The van der Waals surface area contributed by atoms with Crippen molar-refractivity contribution in [2.75, 3.05) is 6.54 Å². The lowest BCUT2D eigenvalue weighted by Gasteiger charge is -2.23. The summed E-state index contributed by atoms with van der Waals surface area (Å²) < 4.78 is 0. The van der Waals surface area contributed by atoms with Gasteiger partial charge in [0.25, 0.3) is 5.91 Å². The quantitative estimate of drug-likeness (QED) is 0.600. The Balaban J connectivity index is 1.51. The number of nitrogens with one attached hydrogen (secondary N) is 2. The van der Waals surface area contributed by atoms with Crippen molar-refractivity contribution in [3.63, 3.8) is 0 Å². The molecule has 0 radical (unpaired) electrons. The Bertz CT molecular complexity index is 1240. The van der Waals surface area contributed by atoms with Crippen LogP contribution >= 0.6 is 0 Å². The highest BCUT2D eigenvalue weighted by Crippen LogP contribution is 2.31. The summed E-state index contributed by atoms with van der Waals surface area (Å²) in [5, 5.41) is 7.71. The molecule has 2 N–H and O–H groups in total. The molecule has 6 nitrogen and oxygen atoms in total. The Morgan fingerprint density at radius 2 is 1.75 bits per heavy atom. The van der Waals surface area contributed by atoms with Gasteiger partial charge in [0.05, 0.1) is 6.04 Å². The Morgan fingerprint density at radius 3 is 2.50 bits per heavy atom. The molecule has 164 valence electrons. The average molecular weight is 430 g/mol. The maximum atomic E-state index is 13.2. The summed E-state index contributed by atoms with van der Waals surface area (Å²) in [6, 6.07) is 18.8. The highest BCUT2D eigenvalue weighted by molar-refractivity contribution is 6.09. The van der Waals surface area contributed by atoms with Gasteiger partial charge in [0.1, 0.15) is 12.1 Å². The van der Waals surface area contributed by atoms with E-state index in [1.54, 1.807) is 6.92 Å². The first-order chi connectivity index (χ1) is 15.2. The number of hydrogen-bond acceptors (Lipinski definition) is 3. The van der Waals surface area contributed by atoms with Gasteiger partial charge < -0.3 is 10.6 Å². The van der Waals surface area contributed by atoms with Crippen LogP contribution in [-0.2, 0) is 15.1 Å². The minimum atomic E-state index is -1.22. The molecule has 2 atom stereocenters. The standard InChI is InChI=1S/C26H27N3O3/c1-16-9-10-17(2)22(13-16)18(3)27-23(30)15-29-24(31)26(4,28-25(29)32)21-12-11-19-7-5-6-8-20(19)14-21/h5-14,18H,15H2,1-4H3,(H,27,30)(H,28,32). The minimum absolute atomic E-state index is 0.241. The summed E-state index contributed by atoms with van der Waals surface area (Å²) in [4.78, 5) is 39.6. The summed E-state index contributed by atoms with van der Waals surface area (Å²) in [6.07, 6.45) is 0. The zero-order valence-electron chi connectivity index (χ0n) is 18.7. The summed E-state index contributed by atoms with van der Waals surface area (Å²) in [6.45, 7) is 7.23. The molecular weight excluding hydrogens is 402 g/mol. The molecule has 0 saturated carbocycles. The lowest BCUT2D eigenvalue weighted by atomic mass is 9.90. The number of urea groups is 1. The molecule has 32 heavy (non-hydrogen) atoms. The van der Waals surface area contributed by atoms with E-state index in [-0.39, 0.29) is 18.5 Å². The van der Waals surface area contributed by atoms with Crippen LogP contribution in [0.2, 0.25) is 0 Å². The third kappa shape index (κ3) is 3.84. The third-order valence-corrected chi connectivity index (χ3v) is 6.18. The number of imide groups is 1. The molecular formula is C26H27N3O3. The van der Waals surface area contributed by atoms with Gasteiger partial charge in [-0.05, 0) is 61.2 Å². The molecule has 0 bridgehead atoms. The number of rotatable bonds is 5. The van der Waals surface area contributed by atoms with E-state index in [0.29, 0.717) is 5.56 Å². The fraction of sp³-hybridized carbons (Fsp3) is 0.269. The molecule has 1 saturated heterocycles. The number of amides is 4. The monoisotopic (exact) mass is 429 g/mol. The molecule has 0 aliphatic carbocycles. The van der Waals surface area contributed by atoms with Crippen molar-refractivity contribution in [3.8, 4) is 0 Å². The first-order valence-corrected chi connectivity index (χ1v) is 10.7. The van der Waals surface area contributed by atoms with Gasteiger partial charge in [-0.3, -0.25) is 14.5 Å². The molecule has 2 unspecified atom stereocenters. The van der Waals surface area contributed by atoms with Crippen LogP contribution in [0.1, 0.15) is 42.1 Å². The number of carbonyl (C=O) groups is 3. The van der Waals surface area contributed by atoms with Crippen molar-refractivity contribution in [2.24, 2.45) is 0 Å². The van der Waals surface area contributed by atoms with Crippen LogP contribution < -0.4 is 10.6 Å². The second-order valence-corrected chi connectivity index (χ2v) is 8.66. The largest absolute Gasteiger partial charge is 0.348 e. The molecule has 0 aromatic heterocycles. The number of nitrogens with zero attached hydrogens (tertiary/aromatic N) is 1. The summed E-state index contributed by atoms with van der Waals surface area (Å²) in [7, 11) is 0. The van der Waals surface area contributed by atoms with E-state index < -0.39 is 17.5 Å². The minimum Gasteiger partial charge on any atom is -0.348 e. The predicted molar refractivity (Wildman–Crippen MR) is 124 cm³/mol. The zero-order chi connectivity index (χ0) is 23.0. The van der Waals surface area contributed by atoms with Crippen molar-refractivity contribution in [2.45, 2.75) is 39.3 Å². The van der Waals surface area contributed by atoms with E-state index in [0.717, 1.165) is 32.4 Å². The smallest absolute Gasteiger partial charge is 0.325 e. The van der Waals surface area contributed by atoms with Gasteiger partial charge in [0, 0.05) is 0 Å². The summed E-state index contributed by atoms with van der Waals surface area (Å²) in [5.74, 6) is -0.822. The first kappa shape index (κ1) is 21.6. The predicted octanol–water partition coefficient (Wildman–Crippen LogP) is 4.10. The molecule has 4 amide bonds. The van der Waals surface area contributed by atoms with Gasteiger partial charge in [-0.1, -0.05) is 60.2 Å². The van der Waals surface area contributed by atoms with Crippen LogP contribution in [0.15, 0.2) is 60.7 Å². The van der Waals surface area contributed by atoms with Gasteiger partial charge in [-0.25, -0.2) is 4.79 Å². The Morgan fingerprint density at radius 1 is 1.03 bits per heavy atom. The zero-order valence-corrected chi connectivity index (χ0v) is 18.7. The molecule has 3 aromatic carbocycles. The number of fused-ring (bicyclic) bond motifs is 1. The highest BCUT2D eigenvalue weighted by atomic mass is 16.2. The third-order valence-electron chi connectivity index (χ3n) is 6.18. The van der Waals surface area contributed by atoms with Crippen molar-refractivity contribution in [3.05, 3.63) is 82.9 Å². The van der Waals surface area contributed by atoms with Crippen molar-refractivity contribution in [1.82, 2.24) is 15.5 Å². The normalized spacial score (nSPS) is 19.2. The van der Waals surface area contributed by atoms with Crippen LogP contribution in [0, 0.1) is 13.8 Å². The second kappa shape index (κ2) is 8.11. The Hall–Kier alpha value is -3.67. The number of benzene rings is 3. The summed E-state index contributed by atoms with van der Waals surface area (Å²) >= 11 is 0. The molecule has 1 aliphatic rings. The van der Waals surface area contributed by atoms with Crippen molar-refractivity contribution < 1.29 is 14.4 Å². The van der Waals surface area contributed by atoms with Gasteiger partial charge in [0.2, 0.25) is 5.91 Å². The average Bonchev–Trinajstić information content (AvgIpc) is 2.98. The summed E-state index contributed by atoms with van der Waals surface area (Å²) in [5.41, 5.74) is 2.65. The van der Waals surface area contributed by atoms with Gasteiger partial charge in [-0.2, -0.15) is 0 Å². The van der Waals surface area contributed by atoms with Gasteiger partial charge in [0.15, 0.2) is 0 Å². The lowest BCUT2D eigenvalue weighted by molar-refractivity contribution is -0.135. The SMILES string of the molecule is Cc1ccc(C)c(C(C)NC(=O)CN2C(=O)NC(C)(c3ccc4ccccc4c3)C2=O)c1. The van der Waals surface area contributed by atoms with Gasteiger partial charge >= 0.3 is 6.03 Å². The van der Waals surface area contributed by atoms with E-state index in [9.17, 15) is 14.4 Å². The van der Waals surface area contributed by atoms with Crippen molar-refractivity contribution >= 4 is 28.6 Å². The van der Waals surface area contributed by atoms with Crippen LogP contribution in [0.5, 0.6) is 0 Å². The first-order valence-electron chi connectivity index (χ1n) is 10.7. The second-order valence-electron chi connectivity index (χ2n) is 8.66. The van der Waals surface area contributed by atoms with E-state index in [1.165, 1.54) is 0 Å². The van der Waals surface area contributed by atoms with E-state index >= 15 is 0 Å². The molecule has 4 rings (SSSR count). The van der Waals surface area contributed by atoms with Crippen LogP contribution in [0.25, 0.3) is 10.8 Å². The maximum Gasteiger partial charge on any atom is 0.325 e. The molecule has 3 aromatic rings. The fourth-order valence-corrected chi connectivity index (χ4v) is 4.27. The van der Waals surface area contributed by atoms with E-state index in [4.69, 9.17) is 0 Å².